The molecule has 0 bridgehead atoms. The van der Waals surface area contributed by atoms with Gasteiger partial charge in [0.2, 0.25) is 0 Å². The van der Waals surface area contributed by atoms with E-state index in [0.29, 0.717) is 0 Å². The third-order valence-corrected chi connectivity index (χ3v) is 2.29. The van der Waals surface area contributed by atoms with Crippen LogP contribution < -0.4 is 0 Å². The maximum absolute atomic E-state index is 14.0. The Hall–Kier alpha value is -2.18. The van der Waals surface area contributed by atoms with Crippen LogP contribution in [0.4, 0.5) is 4.39 Å². The third-order valence-electron chi connectivity index (χ3n) is 2.29. The van der Waals surface area contributed by atoms with Crippen LogP contribution in [0.15, 0.2) is 6.20 Å². The van der Waals surface area contributed by atoms with Crippen LogP contribution in [0, 0.1) is 5.82 Å². The highest BCUT2D eigenvalue weighted by atomic mass is 19.1. The van der Waals surface area contributed by atoms with Crippen molar-refractivity contribution in [2.75, 3.05) is 13.2 Å². The summed E-state index contributed by atoms with van der Waals surface area (Å²) in [7, 11) is 1.37. The maximum Gasteiger partial charge on any atom is 0.379 e. The molecule has 104 valence electrons. The molecule has 0 radical (unpaired) electrons. The normalized spacial score (nSPS) is 10.1. The van der Waals surface area contributed by atoms with E-state index in [1.54, 1.807) is 6.92 Å². The number of halogens is 1. The standard InChI is InChI=1S/C12H14FNO5/c1-4-18-11(16)9-8(13)7(6-14(9)3)10(15)12(17)19-5-2/h6H,4-5H2,1-3H3. The van der Waals surface area contributed by atoms with Crippen molar-refractivity contribution < 1.29 is 28.2 Å². The van der Waals surface area contributed by atoms with Crippen molar-refractivity contribution in [3.63, 3.8) is 0 Å². The van der Waals surface area contributed by atoms with Crippen molar-refractivity contribution in [2.24, 2.45) is 7.05 Å². The number of esters is 2. The Morgan fingerprint density at radius 2 is 1.79 bits per heavy atom. The molecule has 0 amide bonds. The number of ketones is 1. The van der Waals surface area contributed by atoms with Crippen molar-refractivity contribution >= 4 is 17.7 Å². The number of aryl methyl sites for hydroxylation is 1. The van der Waals surface area contributed by atoms with Crippen molar-refractivity contribution in [3.8, 4) is 0 Å². The van der Waals surface area contributed by atoms with E-state index in [2.05, 4.69) is 9.47 Å². The number of ether oxygens (including phenoxy) is 2. The molecule has 6 nitrogen and oxygen atoms in total. The van der Waals surface area contributed by atoms with Gasteiger partial charge < -0.3 is 14.0 Å². The van der Waals surface area contributed by atoms with Crippen LogP contribution in [0.5, 0.6) is 0 Å². The molecule has 0 N–H and O–H groups in total. The third kappa shape index (κ3) is 2.98. The lowest BCUT2D eigenvalue weighted by atomic mass is 10.2. The molecule has 0 spiro atoms. The van der Waals surface area contributed by atoms with Gasteiger partial charge in [0.1, 0.15) is 0 Å². The Bertz CT molecular complexity index is 520. The first-order chi connectivity index (χ1) is 8.93. The first-order valence-corrected chi connectivity index (χ1v) is 5.67. The van der Waals surface area contributed by atoms with Gasteiger partial charge in [0.05, 0.1) is 18.8 Å². The second kappa shape index (κ2) is 6.12. The minimum atomic E-state index is -1.16. The van der Waals surface area contributed by atoms with Crippen LogP contribution in [-0.2, 0) is 21.3 Å². The van der Waals surface area contributed by atoms with E-state index in [0.717, 1.165) is 10.8 Å². The molecule has 1 rings (SSSR count). The second-order valence-electron chi connectivity index (χ2n) is 3.59. The highest BCUT2D eigenvalue weighted by molar-refractivity contribution is 6.40. The summed E-state index contributed by atoms with van der Waals surface area (Å²) >= 11 is 0. The Labute approximate surface area is 109 Å². The summed E-state index contributed by atoms with van der Waals surface area (Å²) in [5.74, 6) is -4.28. The molecule has 0 atom stereocenters. The molecule has 0 aliphatic heterocycles. The molecule has 1 aromatic heterocycles. The highest BCUT2D eigenvalue weighted by Gasteiger charge is 2.29. The van der Waals surface area contributed by atoms with Crippen LogP contribution >= 0.6 is 0 Å². The predicted octanol–water partition coefficient (Wildman–Crippen LogP) is 1.09. The maximum atomic E-state index is 14.0. The Balaban J connectivity index is 3.12. The minimum Gasteiger partial charge on any atom is -0.461 e. The SMILES string of the molecule is CCOC(=O)C(=O)c1cn(C)c(C(=O)OCC)c1F. The van der Waals surface area contributed by atoms with Crippen molar-refractivity contribution in [1.29, 1.82) is 0 Å². The zero-order chi connectivity index (χ0) is 14.6. The average molecular weight is 271 g/mol. The summed E-state index contributed by atoms with van der Waals surface area (Å²) in [6, 6.07) is 0. The zero-order valence-electron chi connectivity index (χ0n) is 10.9. The predicted molar refractivity (Wildman–Crippen MR) is 62.3 cm³/mol. The lowest BCUT2D eigenvalue weighted by Gasteiger charge is -2.02. The topological polar surface area (TPSA) is 74.6 Å². The molecule has 0 saturated heterocycles. The lowest BCUT2D eigenvalue weighted by Crippen LogP contribution is -2.18. The summed E-state index contributed by atoms with van der Waals surface area (Å²) < 4.78 is 24.2. The van der Waals surface area contributed by atoms with Gasteiger partial charge in [-0.2, -0.15) is 0 Å². The molecule has 1 heterocycles. The van der Waals surface area contributed by atoms with E-state index in [-0.39, 0.29) is 13.2 Å². The molecule has 0 aromatic carbocycles. The van der Waals surface area contributed by atoms with Crippen LogP contribution in [-0.4, -0.2) is 35.5 Å². The molecular weight excluding hydrogens is 257 g/mol. The summed E-state index contributed by atoms with van der Waals surface area (Å²) in [5.41, 5.74) is -0.918. The van der Waals surface area contributed by atoms with Gasteiger partial charge in [-0.15, -0.1) is 0 Å². The molecule has 1 aromatic rings. The Morgan fingerprint density at radius 1 is 1.21 bits per heavy atom. The minimum absolute atomic E-state index is 0.00373. The molecular formula is C12H14FNO5. The van der Waals surface area contributed by atoms with Gasteiger partial charge in [-0.3, -0.25) is 4.79 Å². The monoisotopic (exact) mass is 271 g/mol. The fourth-order valence-electron chi connectivity index (χ4n) is 1.50. The van der Waals surface area contributed by atoms with E-state index < -0.39 is 34.8 Å². The van der Waals surface area contributed by atoms with E-state index in [1.165, 1.54) is 14.0 Å². The fraction of sp³-hybridized carbons (Fsp3) is 0.417. The number of hydrogen-bond acceptors (Lipinski definition) is 5. The number of carbonyl (C=O) groups excluding carboxylic acids is 3. The van der Waals surface area contributed by atoms with Crippen LogP contribution in [0.3, 0.4) is 0 Å². The average Bonchev–Trinajstić information content (AvgIpc) is 2.64. The number of nitrogens with zero attached hydrogens (tertiary/aromatic N) is 1. The van der Waals surface area contributed by atoms with Crippen LogP contribution in [0.2, 0.25) is 0 Å². The number of carbonyl (C=O) groups is 3. The Morgan fingerprint density at radius 3 is 2.32 bits per heavy atom. The van der Waals surface area contributed by atoms with Crippen LogP contribution in [0.1, 0.15) is 34.7 Å². The first kappa shape index (κ1) is 14.9. The van der Waals surface area contributed by atoms with Gasteiger partial charge in [-0.1, -0.05) is 0 Å². The van der Waals surface area contributed by atoms with E-state index in [9.17, 15) is 18.8 Å². The van der Waals surface area contributed by atoms with E-state index >= 15 is 0 Å². The molecule has 0 unspecified atom stereocenters. The first-order valence-electron chi connectivity index (χ1n) is 5.67. The van der Waals surface area contributed by atoms with E-state index in [1.807, 2.05) is 0 Å². The summed E-state index contributed by atoms with van der Waals surface area (Å²) in [6.07, 6.45) is 1.06. The number of rotatable bonds is 5. The zero-order valence-corrected chi connectivity index (χ0v) is 10.9. The van der Waals surface area contributed by atoms with Crippen molar-refractivity contribution in [1.82, 2.24) is 4.57 Å². The molecule has 0 fully saturated rings. The van der Waals surface area contributed by atoms with E-state index in [4.69, 9.17) is 0 Å². The largest absolute Gasteiger partial charge is 0.461 e. The van der Waals surface area contributed by atoms with Gasteiger partial charge in [0.15, 0.2) is 11.5 Å². The number of aromatic nitrogens is 1. The smallest absolute Gasteiger partial charge is 0.379 e. The van der Waals surface area contributed by atoms with Gasteiger partial charge in [0.25, 0.3) is 5.78 Å². The summed E-state index contributed by atoms with van der Waals surface area (Å²) in [6.45, 7) is 3.17. The van der Waals surface area contributed by atoms with Gasteiger partial charge in [-0.05, 0) is 13.8 Å². The molecule has 19 heavy (non-hydrogen) atoms. The van der Waals surface area contributed by atoms with Gasteiger partial charge in [-0.25, -0.2) is 14.0 Å². The quantitative estimate of drug-likeness (QED) is 0.455. The second-order valence-corrected chi connectivity index (χ2v) is 3.59. The molecule has 0 saturated carbocycles. The van der Waals surface area contributed by atoms with Crippen LogP contribution in [0.25, 0.3) is 0 Å². The number of hydrogen-bond donors (Lipinski definition) is 0. The van der Waals surface area contributed by atoms with Gasteiger partial charge in [0, 0.05) is 13.2 Å². The fourth-order valence-corrected chi connectivity index (χ4v) is 1.50. The lowest BCUT2D eigenvalue weighted by molar-refractivity contribution is -0.137. The summed E-state index contributed by atoms with van der Waals surface area (Å²) in [5, 5.41) is 0. The molecule has 7 heteroatoms. The summed E-state index contributed by atoms with van der Waals surface area (Å²) in [4.78, 5) is 34.4. The highest BCUT2D eigenvalue weighted by Crippen LogP contribution is 2.17. The molecule has 0 aliphatic rings. The van der Waals surface area contributed by atoms with Crippen molar-refractivity contribution in [3.05, 3.63) is 23.3 Å². The van der Waals surface area contributed by atoms with Gasteiger partial charge >= 0.3 is 11.9 Å². The Kier molecular flexibility index (Phi) is 4.80. The number of Topliss-reactive ketones (excluding diaryl/α,β-unsaturated/α-hetero) is 1. The molecule has 0 aliphatic carbocycles. The van der Waals surface area contributed by atoms with Crippen molar-refractivity contribution in [2.45, 2.75) is 13.8 Å².